The Morgan fingerprint density at radius 2 is 1.86 bits per heavy atom. The number of nitrogens with zero attached hydrogens (tertiary/aromatic N) is 4. The molecule has 3 aliphatic heterocycles. The largest absolute Gasteiger partial charge is 0.356 e. The number of carbonyl (C=O) groups is 1. The number of carbonyl (C=O) groups excluding carboxylic acids is 1. The van der Waals surface area contributed by atoms with E-state index in [0.717, 1.165) is 56.1 Å². The first kappa shape index (κ1) is 18.3. The average molecular weight is 400 g/mol. The van der Waals surface area contributed by atoms with Crippen LogP contribution in [0.2, 0.25) is 0 Å². The number of anilines is 1. The molecule has 2 aromatic heterocycles. The van der Waals surface area contributed by atoms with E-state index in [9.17, 15) is 4.79 Å². The predicted octanol–water partition coefficient (Wildman–Crippen LogP) is 2.88. The average Bonchev–Trinajstić information content (AvgIpc) is 3.19. The monoisotopic (exact) mass is 399 g/mol. The van der Waals surface area contributed by atoms with Gasteiger partial charge < -0.3 is 15.1 Å². The van der Waals surface area contributed by atoms with Gasteiger partial charge in [-0.3, -0.25) is 4.79 Å². The smallest absolute Gasteiger partial charge is 0.225 e. The lowest BCUT2D eigenvalue weighted by Gasteiger charge is -2.35. The third kappa shape index (κ3) is 3.18. The van der Waals surface area contributed by atoms with E-state index < -0.39 is 0 Å². The van der Waals surface area contributed by atoms with E-state index in [0.29, 0.717) is 18.0 Å². The molecule has 3 fully saturated rings. The van der Waals surface area contributed by atoms with Crippen LogP contribution in [0.4, 0.5) is 5.82 Å². The van der Waals surface area contributed by atoms with Crippen LogP contribution in [0.15, 0.2) is 6.33 Å². The lowest BCUT2D eigenvalue weighted by molar-refractivity contribution is -0.136. The standard InChI is InChI=1S/C21H29N5OS/c1-13-14(2)28-20-18(13)19(22-12-23-20)25-8-5-15(6-9-25)21(27)26-10-7-16-3-4-17(11-26)24-16/h12,15-17,24H,3-11H2,1-2H3. The van der Waals surface area contributed by atoms with E-state index in [-0.39, 0.29) is 5.92 Å². The highest BCUT2D eigenvalue weighted by Gasteiger charge is 2.35. The Morgan fingerprint density at radius 3 is 2.68 bits per heavy atom. The van der Waals surface area contributed by atoms with Crippen LogP contribution in [0.5, 0.6) is 0 Å². The Balaban J connectivity index is 1.27. The van der Waals surface area contributed by atoms with Crippen LogP contribution in [0.1, 0.15) is 42.5 Å². The number of likely N-dealkylation sites (tertiary alicyclic amines) is 1. The van der Waals surface area contributed by atoms with Gasteiger partial charge in [0.2, 0.25) is 5.91 Å². The number of aromatic nitrogens is 2. The molecule has 2 bridgehead atoms. The van der Waals surface area contributed by atoms with E-state index in [1.807, 2.05) is 0 Å². The zero-order chi connectivity index (χ0) is 19.3. The van der Waals surface area contributed by atoms with Gasteiger partial charge in [-0.25, -0.2) is 9.97 Å². The van der Waals surface area contributed by atoms with Gasteiger partial charge >= 0.3 is 0 Å². The van der Waals surface area contributed by atoms with Crippen LogP contribution >= 0.6 is 11.3 Å². The summed E-state index contributed by atoms with van der Waals surface area (Å²) in [6.45, 7) is 7.93. The summed E-state index contributed by atoms with van der Waals surface area (Å²) in [5.41, 5.74) is 1.29. The fourth-order valence-corrected chi connectivity index (χ4v) is 6.13. The second-order valence-corrected chi connectivity index (χ2v) is 9.84. The predicted molar refractivity (Wildman–Crippen MR) is 113 cm³/mol. The Labute approximate surface area is 170 Å². The van der Waals surface area contributed by atoms with E-state index >= 15 is 0 Å². The summed E-state index contributed by atoms with van der Waals surface area (Å²) in [5.74, 6) is 1.59. The van der Waals surface area contributed by atoms with Gasteiger partial charge in [0.1, 0.15) is 17.0 Å². The number of hydrogen-bond acceptors (Lipinski definition) is 6. The lowest BCUT2D eigenvalue weighted by atomic mass is 9.94. The van der Waals surface area contributed by atoms with Crippen molar-refractivity contribution in [1.82, 2.24) is 20.2 Å². The molecule has 150 valence electrons. The number of fused-ring (bicyclic) bond motifs is 3. The van der Waals surface area contributed by atoms with Crippen molar-refractivity contribution in [2.45, 2.75) is 58.0 Å². The van der Waals surface area contributed by atoms with E-state index in [4.69, 9.17) is 0 Å². The highest BCUT2D eigenvalue weighted by Crippen LogP contribution is 2.36. The highest BCUT2D eigenvalue weighted by molar-refractivity contribution is 7.18. The fourth-order valence-electron chi connectivity index (χ4n) is 5.14. The second-order valence-electron chi connectivity index (χ2n) is 8.63. The number of thiophene rings is 1. The molecule has 0 radical (unpaired) electrons. The third-order valence-corrected chi connectivity index (χ3v) is 8.04. The summed E-state index contributed by atoms with van der Waals surface area (Å²) in [6, 6.07) is 1.14. The fraction of sp³-hybridized carbons (Fsp3) is 0.667. The van der Waals surface area contributed by atoms with Gasteiger partial charge in [-0.1, -0.05) is 0 Å². The number of nitrogens with one attached hydrogen (secondary N) is 1. The number of hydrogen-bond donors (Lipinski definition) is 1. The summed E-state index contributed by atoms with van der Waals surface area (Å²) < 4.78 is 0. The molecule has 5 rings (SSSR count). The Morgan fingerprint density at radius 1 is 1.07 bits per heavy atom. The van der Waals surface area contributed by atoms with Crippen LogP contribution in [-0.2, 0) is 4.79 Å². The molecular weight excluding hydrogens is 370 g/mol. The zero-order valence-corrected chi connectivity index (χ0v) is 17.6. The van der Waals surface area contributed by atoms with Gasteiger partial charge in [0.05, 0.1) is 5.39 Å². The van der Waals surface area contributed by atoms with Crippen LogP contribution in [0.3, 0.4) is 0 Å². The summed E-state index contributed by atoms with van der Waals surface area (Å²) >= 11 is 1.74. The van der Waals surface area contributed by atoms with Crippen molar-refractivity contribution in [2.75, 3.05) is 31.1 Å². The number of rotatable bonds is 2. The quantitative estimate of drug-likeness (QED) is 0.841. The van der Waals surface area contributed by atoms with Gasteiger partial charge in [0.25, 0.3) is 0 Å². The van der Waals surface area contributed by atoms with Gasteiger partial charge in [0, 0.05) is 49.1 Å². The van der Waals surface area contributed by atoms with Gasteiger partial charge in [-0.15, -0.1) is 11.3 Å². The number of aryl methyl sites for hydroxylation is 2. The van der Waals surface area contributed by atoms with Crippen molar-refractivity contribution in [1.29, 1.82) is 0 Å². The van der Waals surface area contributed by atoms with Crippen LogP contribution < -0.4 is 10.2 Å². The van der Waals surface area contributed by atoms with E-state index in [1.165, 1.54) is 28.7 Å². The Bertz CT molecular complexity index is 888. The Hall–Kier alpha value is -1.73. The molecule has 3 aliphatic rings. The van der Waals surface area contributed by atoms with Crippen LogP contribution in [0, 0.1) is 19.8 Å². The maximum atomic E-state index is 13.2. The van der Waals surface area contributed by atoms with Crippen molar-refractivity contribution >= 4 is 33.3 Å². The Kier molecular flexibility index (Phi) is 4.75. The molecule has 3 saturated heterocycles. The van der Waals surface area contributed by atoms with Crippen molar-refractivity contribution in [3.8, 4) is 0 Å². The minimum atomic E-state index is 0.163. The first-order valence-corrected chi connectivity index (χ1v) is 11.4. The number of piperidine rings is 1. The molecule has 0 spiro atoms. The van der Waals surface area contributed by atoms with E-state index in [1.54, 1.807) is 17.7 Å². The maximum absolute atomic E-state index is 13.2. The molecule has 1 amide bonds. The van der Waals surface area contributed by atoms with Crippen molar-refractivity contribution in [2.24, 2.45) is 5.92 Å². The normalized spacial score (nSPS) is 26.1. The minimum absolute atomic E-state index is 0.163. The SMILES string of the molecule is Cc1sc2ncnc(N3CCC(C(=O)N4CCC5CCC(C4)N5)CC3)c2c1C. The summed E-state index contributed by atoms with van der Waals surface area (Å²) in [4.78, 5) is 29.1. The molecule has 28 heavy (non-hydrogen) atoms. The first-order chi connectivity index (χ1) is 13.6. The van der Waals surface area contributed by atoms with Crippen LogP contribution in [-0.4, -0.2) is 59.0 Å². The van der Waals surface area contributed by atoms with Crippen molar-refractivity contribution < 1.29 is 4.79 Å². The van der Waals surface area contributed by atoms with Gasteiger partial charge in [-0.2, -0.15) is 0 Å². The highest BCUT2D eigenvalue weighted by atomic mass is 32.1. The van der Waals surface area contributed by atoms with Crippen LogP contribution in [0.25, 0.3) is 10.2 Å². The molecule has 5 heterocycles. The van der Waals surface area contributed by atoms with Crippen molar-refractivity contribution in [3.05, 3.63) is 16.8 Å². The summed E-state index contributed by atoms with van der Waals surface area (Å²) in [7, 11) is 0. The molecule has 0 saturated carbocycles. The van der Waals surface area contributed by atoms with Gasteiger partial charge in [0.15, 0.2) is 0 Å². The molecule has 7 heteroatoms. The minimum Gasteiger partial charge on any atom is -0.356 e. The number of amides is 1. The third-order valence-electron chi connectivity index (χ3n) is 6.92. The second kappa shape index (κ2) is 7.26. The molecule has 2 atom stereocenters. The molecule has 2 aromatic rings. The van der Waals surface area contributed by atoms with Crippen molar-refractivity contribution in [3.63, 3.8) is 0 Å². The molecular formula is C21H29N5OS. The summed E-state index contributed by atoms with van der Waals surface area (Å²) in [6.07, 6.45) is 7.13. The zero-order valence-electron chi connectivity index (χ0n) is 16.8. The van der Waals surface area contributed by atoms with E-state index in [2.05, 4.69) is 38.9 Å². The molecule has 2 unspecified atom stereocenters. The molecule has 0 aromatic carbocycles. The maximum Gasteiger partial charge on any atom is 0.225 e. The topological polar surface area (TPSA) is 61.4 Å². The molecule has 6 nitrogen and oxygen atoms in total. The first-order valence-electron chi connectivity index (χ1n) is 10.6. The lowest BCUT2D eigenvalue weighted by Crippen LogP contribution is -2.45. The molecule has 0 aliphatic carbocycles. The summed E-state index contributed by atoms with van der Waals surface area (Å²) in [5, 5.41) is 4.88. The van der Waals surface area contributed by atoms with Gasteiger partial charge in [-0.05, 0) is 51.5 Å². The molecule has 1 N–H and O–H groups in total.